The van der Waals surface area contributed by atoms with Crippen LogP contribution in [0.4, 0.5) is 5.69 Å². The molecule has 0 saturated carbocycles. The molecule has 1 amide bonds. The Morgan fingerprint density at radius 2 is 2.16 bits per heavy atom. The number of anilines is 1. The van der Waals surface area contributed by atoms with Gasteiger partial charge in [0.2, 0.25) is 5.91 Å². The molecule has 0 radical (unpaired) electrons. The first-order valence-electron chi connectivity index (χ1n) is 6.77. The average Bonchev–Trinajstić information content (AvgIpc) is 2.70. The van der Waals surface area contributed by atoms with E-state index in [1.807, 2.05) is 32.9 Å². The number of hydrogen-bond acceptors (Lipinski definition) is 3. The topological polar surface area (TPSA) is 67.2 Å². The zero-order valence-corrected chi connectivity index (χ0v) is 11.9. The fraction of sp³-hybridized carbons (Fsp3) is 0.533. The van der Waals surface area contributed by atoms with Crippen molar-refractivity contribution in [3.63, 3.8) is 0 Å². The summed E-state index contributed by atoms with van der Waals surface area (Å²) in [4.78, 5) is 12.0. The highest BCUT2D eigenvalue weighted by molar-refractivity contribution is 5.82. The molecule has 2 atom stereocenters. The molecule has 1 heterocycles. The molecule has 0 fully saturated rings. The summed E-state index contributed by atoms with van der Waals surface area (Å²) in [5, 5.41) is 6.29. The smallest absolute Gasteiger partial charge is 0.237 e. The van der Waals surface area contributed by atoms with Crippen LogP contribution in [-0.2, 0) is 4.79 Å². The van der Waals surface area contributed by atoms with Crippen molar-refractivity contribution in [1.82, 2.24) is 5.32 Å². The highest BCUT2D eigenvalue weighted by atomic mass is 16.2. The molecule has 4 heteroatoms. The van der Waals surface area contributed by atoms with Crippen molar-refractivity contribution in [2.75, 3.05) is 11.9 Å². The third-order valence-electron chi connectivity index (χ3n) is 3.31. The number of benzene rings is 1. The van der Waals surface area contributed by atoms with Crippen molar-refractivity contribution >= 4 is 11.6 Å². The van der Waals surface area contributed by atoms with Gasteiger partial charge >= 0.3 is 0 Å². The number of rotatable bonds is 3. The van der Waals surface area contributed by atoms with Crippen LogP contribution < -0.4 is 16.4 Å². The normalized spacial score (nSPS) is 19.5. The molecule has 1 aromatic carbocycles. The van der Waals surface area contributed by atoms with Crippen molar-refractivity contribution in [3.8, 4) is 0 Å². The average molecular weight is 261 g/mol. The number of para-hydroxylation sites is 1. The molecule has 0 aliphatic carbocycles. The third kappa shape index (κ3) is 3.47. The van der Waals surface area contributed by atoms with E-state index in [4.69, 9.17) is 5.73 Å². The first kappa shape index (κ1) is 13.9. The lowest BCUT2D eigenvalue weighted by Gasteiger charge is -2.24. The maximum atomic E-state index is 12.0. The number of carbonyl (C=O) groups excluding carboxylic acids is 1. The Hall–Kier alpha value is -1.55. The van der Waals surface area contributed by atoms with Crippen molar-refractivity contribution < 1.29 is 4.79 Å². The second-order valence-corrected chi connectivity index (χ2v) is 6.25. The van der Waals surface area contributed by atoms with Crippen molar-refractivity contribution in [1.29, 1.82) is 0 Å². The minimum absolute atomic E-state index is 0.0723. The van der Waals surface area contributed by atoms with Gasteiger partial charge in [-0.15, -0.1) is 0 Å². The van der Waals surface area contributed by atoms with Crippen LogP contribution in [0.3, 0.4) is 0 Å². The van der Waals surface area contributed by atoms with E-state index < -0.39 is 6.04 Å². The Kier molecular flexibility index (Phi) is 3.80. The quantitative estimate of drug-likeness (QED) is 0.777. The molecule has 104 valence electrons. The molecule has 0 aromatic heterocycles. The van der Waals surface area contributed by atoms with E-state index >= 15 is 0 Å². The Morgan fingerprint density at radius 1 is 1.47 bits per heavy atom. The van der Waals surface area contributed by atoms with E-state index in [1.165, 1.54) is 5.56 Å². The molecular weight excluding hydrogens is 238 g/mol. The van der Waals surface area contributed by atoms with Crippen molar-refractivity contribution in [3.05, 3.63) is 29.8 Å². The van der Waals surface area contributed by atoms with Gasteiger partial charge < -0.3 is 16.4 Å². The van der Waals surface area contributed by atoms with Gasteiger partial charge in [-0.05, 0) is 38.8 Å². The van der Waals surface area contributed by atoms with Crippen LogP contribution in [0.25, 0.3) is 0 Å². The summed E-state index contributed by atoms with van der Waals surface area (Å²) in [6.07, 6.45) is 0.673. The maximum absolute atomic E-state index is 12.0. The second kappa shape index (κ2) is 5.21. The van der Waals surface area contributed by atoms with E-state index in [2.05, 4.69) is 22.8 Å². The third-order valence-corrected chi connectivity index (χ3v) is 3.31. The zero-order valence-electron chi connectivity index (χ0n) is 11.9. The van der Waals surface area contributed by atoms with Gasteiger partial charge in [-0.1, -0.05) is 18.2 Å². The first-order chi connectivity index (χ1) is 8.87. The van der Waals surface area contributed by atoms with Crippen LogP contribution in [-0.4, -0.2) is 24.0 Å². The maximum Gasteiger partial charge on any atom is 0.237 e. The number of fused-ring (bicyclic) bond motifs is 1. The molecular formula is C15H23N3O. The standard InChI is InChI=1S/C15H23N3O/c1-15(2,3)18-14(19)12(16)8-10-9-17-13-7-5-4-6-11(10)13/h4-7,10,12,17H,8-9,16H2,1-3H3,(H,18,19). The summed E-state index contributed by atoms with van der Waals surface area (Å²) in [6, 6.07) is 7.75. The van der Waals surface area contributed by atoms with Gasteiger partial charge in [0.05, 0.1) is 6.04 Å². The van der Waals surface area contributed by atoms with E-state index in [1.54, 1.807) is 0 Å². The Labute approximate surface area is 114 Å². The highest BCUT2D eigenvalue weighted by Gasteiger charge is 2.27. The highest BCUT2D eigenvalue weighted by Crippen LogP contribution is 2.33. The van der Waals surface area contributed by atoms with Gasteiger partial charge in [0, 0.05) is 23.7 Å². The minimum Gasteiger partial charge on any atom is -0.384 e. The molecule has 4 N–H and O–H groups in total. The summed E-state index contributed by atoms with van der Waals surface area (Å²) in [5.41, 5.74) is 8.21. The molecule has 0 spiro atoms. The zero-order chi connectivity index (χ0) is 14.0. The summed E-state index contributed by atoms with van der Waals surface area (Å²) in [5.74, 6) is 0.244. The van der Waals surface area contributed by atoms with Crippen LogP contribution >= 0.6 is 0 Å². The van der Waals surface area contributed by atoms with Gasteiger partial charge in [0.15, 0.2) is 0 Å². The summed E-state index contributed by atoms with van der Waals surface area (Å²) in [7, 11) is 0. The van der Waals surface area contributed by atoms with Crippen LogP contribution in [0.2, 0.25) is 0 Å². The number of hydrogen-bond donors (Lipinski definition) is 3. The Bertz CT molecular complexity index is 465. The van der Waals surface area contributed by atoms with Crippen molar-refractivity contribution in [2.45, 2.75) is 44.7 Å². The van der Waals surface area contributed by atoms with Gasteiger partial charge in [-0.2, -0.15) is 0 Å². The molecule has 1 aliphatic rings. The van der Waals surface area contributed by atoms with Gasteiger partial charge in [0.1, 0.15) is 0 Å². The molecule has 0 bridgehead atoms. The molecule has 2 unspecified atom stereocenters. The monoisotopic (exact) mass is 261 g/mol. The van der Waals surface area contributed by atoms with Gasteiger partial charge in [-0.25, -0.2) is 0 Å². The lowest BCUT2D eigenvalue weighted by Crippen LogP contribution is -2.49. The summed E-state index contributed by atoms with van der Waals surface area (Å²) in [6.45, 7) is 6.74. The van der Waals surface area contributed by atoms with Gasteiger partial charge in [0.25, 0.3) is 0 Å². The molecule has 1 aromatic rings. The minimum atomic E-state index is -0.461. The van der Waals surface area contributed by atoms with Crippen molar-refractivity contribution in [2.24, 2.45) is 5.73 Å². The van der Waals surface area contributed by atoms with E-state index in [0.717, 1.165) is 12.2 Å². The summed E-state index contributed by atoms with van der Waals surface area (Å²) < 4.78 is 0. The molecule has 4 nitrogen and oxygen atoms in total. The molecule has 19 heavy (non-hydrogen) atoms. The lowest BCUT2D eigenvalue weighted by molar-refractivity contribution is -0.124. The van der Waals surface area contributed by atoms with E-state index in [0.29, 0.717) is 12.3 Å². The number of amides is 1. The fourth-order valence-corrected chi connectivity index (χ4v) is 2.44. The Balaban J connectivity index is 1.97. The SMILES string of the molecule is CC(C)(C)NC(=O)C(N)CC1CNc2ccccc21. The number of nitrogens with two attached hydrogens (primary N) is 1. The van der Waals surface area contributed by atoms with Crippen LogP contribution in [0.15, 0.2) is 24.3 Å². The van der Waals surface area contributed by atoms with E-state index in [9.17, 15) is 4.79 Å². The lowest BCUT2D eigenvalue weighted by atomic mass is 9.93. The van der Waals surface area contributed by atoms with Gasteiger partial charge in [-0.3, -0.25) is 4.79 Å². The number of carbonyl (C=O) groups is 1. The molecule has 0 saturated heterocycles. The number of nitrogens with one attached hydrogen (secondary N) is 2. The largest absolute Gasteiger partial charge is 0.384 e. The predicted octanol–water partition coefficient (Wildman–Crippen LogP) is 1.83. The van der Waals surface area contributed by atoms with Crippen LogP contribution in [0.5, 0.6) is 0 Å². The Morgan fingerprint density at radius 3 is 2.84 bits per heavy atom. The van der Waals surface area contributed by atoms with E-state index in [-0.39, 0.29) is 11.4 Å². The summed E-state index contributed by atoms with van der Waals surface area (Å²) >= 11 is 0. The fourth-order valence-electron chi connectivity index (χ4n) is 2.44. The second-order valence-electron chi connectivity index (χ2n) is 6.25. The van der Waals surface area contributed by atoms with Crippen LogP contribution in [0.1, 0.15) is 38.7 Å². The molecule has 2 rings (SSSR count). The first-order valence-corrected chi connectivity index (χ1v) is 6.77. The van der Waals surface area contributed by atoms with Crippen LogP contribution in [0, 0.1) is 0 Å². The predicted molar refractivity (Wildman–Crippen MR) is 78.2 cm³/mol. The molecule has 1 aliphatic heterocycles.